The van der Waals surface area contributed by atoms with Crippen molar-refractivity contribution in [2.24, 2.45) is 0 Å². The van der Waals surface area contributed by atoms with Crippen LogP contribution in [0.4, 0.5) is 0 Å². The molecule has 0 atom stereocenters. The van der Waals surface area contributed by atoms with Gasteiger partial charge < -0.3 is 40.9 Å². The Morgan fingerprint density at radius 1 is 0.385 bits per heavy atom. The quantitative estimate of drug-likeness (QED) is 0.0525. The van der Waals surface area contributed by atoms with Gasteiger partial charge in [0.15, 0.2) is 0 Å². The van der Waals surface area contributed by atoms with Gasteiger partial charge in [0.1, 0.15) is 46.0 Å². The highest BCUT2D eigenvalue weighted by Crippen LogP contribution is 2.49. The average molecular weight is 859 g/mol. The molecule has 0 aliphatic rings. The first-order chi connectivity index (χ1) is 31.1. The number of rotatable bonds is 9. The van der Waals surface area contributed by atoms with E-state index in [0.717, 1.165) is 16.7 Å². The average Bonchev–Trinajstić information content (AvgIpc) is 3.30. The highest BCUT2D eigenvalue weighted by molar-refractivity contribution is 5.97. The normalized spacial score (nSPS) is 12.5. The Balaban J connectivity index is 1.15. The molecule has 0 spiro atoms. The molecule has 0 heterocycles. The number of hydrogen-bond acceptors (Lipinski definition) is 8. The maximum absolute atomic E-state index is 11.3. The van der Waals surface area contributed by atoms with E-state index < -0.39 is 10.8 Å². The largest absolute Gasteiger partial charge is 0.507 e. The number of aromatic hydroxyl groups is 8. The van der Waals surface area contributed by atoms with Crippen molar-refractivity contribution in [1.29, 1.82) is 0 Å². The van der Waals surface area contributed by atoms with Gasteiger partial charge in [-0.05, 0) is 138 Å². The Labute approximate surface area is 375 Å². The summed E-state index contributed by atoms with van der Waals surface area (Å²) in [6.07, 6.45) is 5.74. The zero-order valence-corrected chi connectivity index (χ0v) is 35.9. The summed E-state index contributed by atoms with van der Waals surface area (Å²) in [6, 6.07) is 41.5. The van der Waals surface area contributed by atoms with E-state index in [1.807, 2.05) is 87.5 Å². The van der Waals surface area contributed by atoms with Crippen molar-refractivity contribution in [3.8, 4) is 46.0 Å². The fourth-order valence-corrected chi connectivity index (χ4v) is 9.41. The van der Waals surface area contributed by atoms with E-state index in [1.165, 1.54) is 0 Å². The van der Waals surface area contributed by atoms with Crippen molar-refractivity contribution >= 4 is 48.7 Å². The van der Waals surface area contributed by atoms with E-state index in [2.05, 4.69) is 6.58 Å². The van der Waals surface area contributed by atoms with Crippen LogP contribution in [0, 0.1) is 0 Å². The minimum Gasteiger partial charge on any atom is -0.507 e. The molecule has 0 amide bonds. The van der Waals surface area contributed by atoms with Gasteiger partial charge in [-0.25, -0.2) is 0 Å². The van der Waals surface area contributed by atoms with Crippen molar-refractivity contribution < 1.29 is 40.9 Å². The molecule has 0 radical (unpaired) electrons. The van der Waals surface area contributed by atoms with Crippen molar-refractivity contribution in [1.82, 2.24) is 0 Å². The van der Waals surface area contributed by atoms with E-state index in [9.17, 15) is 40.9 Å². The standard InChI is InChI=1S/C57H46O8/c1-5-34(56(3,36-24-44-40(52(62)28-36)10-6-14-48(44)58)37-25-45-41(53(63)29-37)11-7-15-49(45)59)21-18-32(2)33-19-22-35(23-20-33)57(4,38-26-46-42(54(64)30-38)12-8-16-50(46)60)39-27-47-43(55(65)31-39)13-9-17-51(47)61/h5-31,58-65H,2H2,1,3-4H3/b21-18-,34-5+. The smallest absolute Gasteiger partial charge is 0.123 e. The second kappa shape index (κ2) is 15.8. The van der Waals surface area contributed by atoms with Crippen molar-refractivity contribution in [2.45, 2.75) is 31.6 Å². The highest BCUT2D eigenvalue weighted by Gasteiger charge is 2.36. The molecule has 322 valence electrons. The predicted molar refractivity (Wildman–Crippen MR) is 259 cm³/mol. The molecule has 8 N–H and O–H groups in total. The van der Waals surface area contributed by atoms with Gasteiger partial charge in [0.25, 0.3) is 0 Å². The summed E-state index contributed by atoms with van der Waals surface area (Å²) in [5.74, 6) is -0.120. The Bertz CT molecular complexity index is 3290. The van der Waals surface area contributed by atoms with Crippen LogP contribution >= 0.6 is 0 Å². The van der Waals surface area contributed by atoms with Crippen molar-refractivity contribution in [3.63, 3.8) is 0 Å². The Morgan fingerprint density at radius 3 is 1.08 bits per heavy atom. The van der Waals surface area contributed by atoms with E-state index >= 15 is 0 Å². The summed E-state index contributed by atoms with van der Waals surface area (Å²) in [5.41, 5.74) is 3.34. The SMILES string of the molecule is C=C(/C=C\C(=C/C)C(C)(c1cc(O)c2cccc(O)c2c1)c1cc(O)c2cccc(O)c2c1)c1ccc(C(C)(c2cc(O)c3cccc(O)c3c2)c2cc(O)c3cccc(O)c3c2)cc1. The minimum absolute atomic E-state index is 0.00200. The molecule has 8 nitrogen and oxygen atoms in total. The monoisotopic (exact) mass is 858 g/mol. The summed E-state index contributed by atoms with van der Waals surface area (Å²) >= 11 is 0. The number of allylic oxidation sites excluding steroid dienone is 5. The fraction of sp³-hybridized carbons (Fsp3) is 0.0877. The lowest BCUT2D eigenvalue weighted by molar-refractivity contribution is 0.472. The molecule has 0 fully saturated rings. The van der Waals surface area contributed by atoms with Crippen LogP contribution in [0.15, 0.2) is 176 Å². The third-order valence-electron chi connectivity index (χ3n) is 13.3. The van der Waals surface area contributed by atoms with Crippen LogP contribution in [-0.4, -0.2) is 40.9 Å². The topological polar surface area (TPSA) is 162 Å². The maximum atomic E-state index is 11.3. The number of fused-ring (bicyclic) bond motifs is 4. The molecule has 0 saturated carbocycles. The number of hydrogen-bond donors (Lipinski definition) is 8. The molecule has 65 heavy (non-hydrogen) atoms. The van der Waals surface area contributed by atoms with Crippen LogP contribution in [-0.2, 0) is 10.8 Å². The first kappa shape index (κ1) is 42.0. The lowest BCUT2D eigenvalue weighted by Gasteiger charge is -2.34. The second-order valence-corrected chi connectivity index (χ2v) is 16.9. The lowest BCUT2D eigenvalue weighted by atomic mass is 9.69. The van der Waals surface area contributed by atoms with Gasteiger partial charge in [0, 0.05) is 53.9 Å². The third-order valence-corrected chi connectivity index (χ3v) is 13.3. The molecule has 0 aromatic heterocycles. The minimum atomic E-state index is -1.07. The molecule has 0 unspecified atom stereocenters. The molecule has 0 bridgehead atoms. The van der Waals surface area contributed by atoms with Gasteiger partial charge in [-0.3, -0.25) is 0 Å². The number of benzene rings is 9. The molecule has 9 rings (SSSR count). The molecule has 9 aromatic carbocycles. The van der Waals surface area contributed by atoms with E-state index in [1.54, 1.807) is 97.1 Å². The van der Waals surface area contributed by atoms with Crippen LogP contribution in [0.2, 0.25) is 0 Å². The third kappa shape index (κ3) is 6.87. The molecule has 9 aromatic rings. The molecular weight excluding hydrogens is 813 g/mol. The second-order valence-electron chi connectivity index (χ2n) is 16.9. The van der Waals surface area contributed by atoms with Gasteiger partial charge in [-0.1, -0.05) is 97.6 Å². The molecular formula is C57H46O8. The summed E-state index contributed by atoms with van der Waals surface area (Å²) in [4.78, 5) is 0. The molecule has 8 heteroatoms. The summed E-state index contributed by atoms with van der Waals surface area (Å²) in [6.45, 7) is 10.2. The molecule has 0 aliphatic heterocycles. The van der Waals surface area contributed by atoms with Crippen LogP contribution in [0.5, 0.6) is 46.0 Å². The molecule has 0 saturated heterocycles. The first-order valence-electron chi connectivity index (χ1n) is 21.1. The zero-order valence-electron chi connectivity index (χ0n) is 35.9. The summed E-state index contributed by atoms with van der Waals surface area (Å²) in [7, 11) is 0. The van der Waals surface area contributed by atoms with Crippen LogP contribution in [0.1, 0.15) is 54.2 Å². The maximum Gasteiger partial charge on any atom is 0.123 e. The van der Waals surface area contributed by atoms with Crippen molar-refractivity contribution in [2.75, 3.05) is 0 Å². The van der Waals surface area contributed by atoms with Gasteiger partial charge in [0.05, 0.1) is 0 Å². The Hall–Kier alpha value is -8.36. The first-order valence-corrected chi connectivity index (χ1v) is 21.1. The van der Waals surface area contributed by atoms with Crippen molar-refractivity contribution in [3.05, 3.63) is 209 Å². The van der Waals surface area contributed by atoms with Gasteiger partial charge in [0.2, 0.25) is 0 Å². The van der Waals surface area contributed by atoms with Gasteiger partial charge in [-0.2, -0.15) is 0 Å². The zero-order chi connectivity index (χ0) is 45.9. The Morgan fingerprint density at radius 2 is 0.723 bits per heavy atom. The summed E-state index contributed by atoms with van der Waals surface area (Å²) < 4.78 is 0. The fourth-order valence-electron chi connectivity index (χ4n) is 9.41. The molecule has 0 aliphatic carbocycles. The summed E-state index contributed by atoms with van der Waals surface area (Å²) in [5, 5.41) is 92.8. The number of phenolic OH excluding ortho intramolecular Hbond substituents is 8. The Kier molecular flexibility index (Phi) is 10.2. The lowest BCUT2D eigenvalue weighted by Crippen LogP contribution is -2.26. The van der Waals surface area contributed by atoms with Gasteiger partial charge >= 0.3 is 0 Å². The predicted octanol–water partition coefficient (Wildman–Crippen LogP) is 12.8. The van der Waals surface area contributed by atoms with Gasteiger partial charge in [-0.15, -0.1) is 0 Å². The van der Waals surface area contributed by atoms with E-state index in [-0.39, 0.29) is 46.0 Å². The van der Waals surface area contributed by atoms with Crippen LogP contribution in [0.3, 0.4) is 0 Å². The number of phenols is 8. The van der Waals surface area contributed by atoms with Crippen LogP contribution in [0.25, 0.3) is 48.7 Å². The van der Waals surface area contributed by atoms with E-state index in [0.29, 0.717) is 70.9 Å². The highest BCUT2D eigenvalue weighted by atomic mass is 16.3. The van der Waals surface area contributed by atoms with E-state index in [4.69, 9.17) is 0 Å². The van der Waals surface area contributed by atoms with Crippen LogP contribution < -0.4 is 0 Å².